The Kier molecular flexibility index (Phi) is 2.41. The number of halogens is 2. The van der Waals surface area contributed by atoms with E-state index in [0.717, 1.165) is 0 Å². The lowest BCUT2D eigenvalue weighted by Crippen LogP contribution is -1.86. The first-order valence-corrected chi connectivity index (χ1v) is 4.37. The summed E-state index contributed by atoms with van der Waals surface area (Å²) in [6.45, 7) is 0. The van der Waals surface area contributed by atoms with Crippen LogP contribution in [0.4, 0.5) is 4.39 Å². The molecule has 0 aliphatic carbocycles. The normalized spacial score (nSPS) is 10.1. The highest BCUT2D eigenvalue weighted by Gasteiger charge is 2.01. The third-order valence-corrected chi connectivity index (χ3v) is 1.91. The van der Waals surface area contributed by atoms with Gasteiger partial charge in [0.2, 0.25) is 0 Å². The van der Waals surface area contributed by atoms with Crippen LogP contribution in [0.3, 0.4) is 0 Å². The maximum Gasteiger partial charge on any atom is 0.148 e. The molecule has 1 aromatic carbocycles. The fourth-order valence-corrected chi connectivity index (χ4v) is 1.28. The maximum atomic E-state index is 12.9. The van der Waals surface area contributed by atoms with Gasteiger partial charge in [0.15, 0.2) is 0 Å². The number of benzene rings is 1. The van der Waals surface area contributed by atoms with Gasteiger partial charge in [0.1, 0.15) is 11.0 Å². The zero-order valence-electron chi connectivity index (χ0n) is 7.11. The summed E-state index contributed by atoms with van der Waals surface area (Å²) < 4.78 is 12.9. The summed E-state index contributed by atoms with van der Waals surface area (Å²) in [6.07, 6.45) is 2.98. The second kappa shape index (κ2) is 3.72. The first kappa shape index (κ1) is 9.09. The van der Waals surface area contributed by atoms with Crippen LogP contribution in [0.1, 0.15) is 0 Å². The van der Waals surface area contributed by atoms with Gasteiger partial charge >= 0.3 is 0 Å². The summed E-state index contributed by atoms with van der Waals surface area (Å²) in [7, 11) is 0. The van der Waals surface area contributed by atoms with Crippen LogP contribution in [0, 0.1) is 5.82 Å². The van der Waals surface area contributed by atoms with Gasteiger partial charge in [-0.05, 0) is 12.1 Å². The molecule has 0 radical (unpaired) electrons. The highest BCUT2D eigenvalue weighted by molar-refractivity contribution is 6.29. The highest BCUT2D eigenvalue weighted by Crippen LogP contribution is 2.18. The molecule has 0 fully saturated rings. The molecular weight excluding hydrogens is 203 g/mol. The third kappa shape index (κ3) is 1.88. The molecule has 1 aromatic heterocycles. The standard InChI is InChI=1S/C10H6ClFN2/c11-10-6-13-5-9(14-10)7-2-1-3-8(12)4-7/h1-6H. The lowest BCUT2D eigenvalue weighted by Gasteiger charge is -1.99. The molecule has 0 saturated heterocycles. The molecule has 2 nitrogen and oxygen atoms in total. The van der Waals surface area contributed by atoms with Crippen molar-refractivity contribution in [3.63, 3.8) is 0 Å². The molecule has 0 atom stereocenters. The van der Waals surface area contributed by atoms with E-state index in [1.165, 1.54) is 18.3 Å². The molecule has 0 saturated carbocycles. The van der Waals surface area contributed by atoms with Crippen LogP contribution in [0.25, 0.3) is 11.3 Å². The Morgan fingerprint density at radius 3 is 2.79 bits per heavy atom. The lowest BCUT2D eigenvalue weighted by atomic mass is 10.1. The number of hydrogen-bond donors (Lipinski definition) is 0. The predicted octanol–water partition coefficient (Wildman–Crippen LogP) is 2.94. The first-order valence-electron chi connectivity index (χ1n) is 3.99. The Hall–Kier alpha value is -1.48. The van der Waals surface area contributed by atoms with Crippen molar-refractivity contribution in [2.75, 3.05) is 0 Å². The van der Waals surface area contributed by atoms with Crippen molar-refractivity contribution < 1.29 is 4.39 Å². The van der Waals surface area contributed by atoms with Crippen LogP contribution >= 0.6 is 11.6 Å². The van der Waals surface area contributed by atoms with Gasteiger partial charge < -0.3 is 0 Å². The molecule has 0 aliphatic rings. The molecule has 0 aliphatic heterocycles. The SMILES string of the molecule is Fc1cccc(-c2cncc(Cl)n2)c1. The number of rotatable bonds is 1. The van der Waals surface area contributed by atoms with E-state index in [9.17, 15) is 4.39 Å². The van der Waals surface area contributed by atoms with E-state index in [2.05, 4.69) is 9.97 Å². The van der Waals surface area contributed by atoms with Gasteiger partial charge in [-0.3, -0.25) is 4.98 Å². The summed E-state index contributed by atoms with van der Waals surface area (Å²) >= 11 is 5.67. The number of nitrogens with zero attached hydrogens (tertiary/aromatic N) is 2. The van der Waals surface area contributed by atoms with Gasteiger partial charge in [0.25, 0.3) is 0 Å². The van der Waals surface area contributed by atoms with E-state index in [4.69, 9.17) is 11.6 Å². The van der Waals surface area contributed by atoms with Gasteiger partial charge in [-0.1, -0.05) is 23.7 Å². The van der Waals surface area contributed by atoms with Crippen molar-refractivity contribution in [1.82, 2.24) is 9.97 Å². The van der Waals surface area contributed by atoms with E-state index in [1.807, 2.05) is 0 Å². The Morgan fingerprint density at radius 2 is 2.07 bits per heavy atom. The Bertz CT molecular complexity index is 416. The van der Waals surface area contributed by atoms with Gasteiger partial charge in [-0.2, -0.15) is 0 Å². The quantitative estimate of drug-likeness (QED) is 0.720. The topological polar surface area (TPSA) is 25.8 Å². The summed E-state index contributed by atoms with van der Waals surface area (Å²) in [5.74, 6) is -0.302. The molecule has 14 heavy (non-hydrogen) atoms. The van der Waals surface area contributed by atoms with E-state index < -0.39 is 0 Å². The largest absolute Gasteiger partial charge is 0.259 e. The number of aromatic nitrogens is 2. The van der Waals surface area contributed by atoms with Crippen molar-refractivity contribution in [3.8, 4) is 11.3 Å². The van der Waals surface area contributed by atoms with Crippen LogP contribution < -0.4 is 0 Å². The zero-order chi connectivity index (χ0) is 9.97. The van der Waals surface area contributed by atoms with E-state index in [1.54, 1.807) is 18.3 Å². The van der Waals surface area contributed by atoms with Crippen LogP contribution in [-0.4, -0.2) is 9.97 Å². The van der Waals surface area contributed by atoms with Crippen molar-refractivity contribution in [2.45, 2.75) is 0 Å². The minimum Gasteiger partial charge on any atom is -0.259 e. The summed E-state index contributed by atoms with van der Waals surface area (Å²) in [5.41, 5.74) is 1.23. The average Bonchev–Trinajstić information content (AvgIpc) is 2.18. The third-order valence-electron chi connectivity index (χ3n) is 1.73. The highest BCUT2D eigenvalue weighted by atomic mass is 35.5. The monoisotopic (exact) mass is 208 g/mol. The van der Waals surface area contributed by atoms with Gasteiger partial charge in [-0.15, -0.1) is 0 Å². The fraction of sp³-hybridized carbons (Fsp3) is 0. The van der Waals surface area contributed by atoms with Crippen molar-refractivity contribution in [2.24, 2.45) is 0 Å². The summed E-state index contributed by atoms with van der Waals surface area (Å²) in [5, 5.41) is 0.298. The predicted molar refractivity (Wildman–Crippen MR) is 52.4 cm³/mol. The fourth-order valence-electron chi connectivity index (χ4n) is 1.13. The molecule has 0 unspecified atom stereocenters. The van der Waals surface area contributed by atoms with Crippen molar-refractivity contribution >= 4 is 11.6 Å². The molecular formula is C10H6ClFN2. The van der Waals surface area contributed by atoms with Crippen molar-refractivity contribution in [1.29, 1.82) is 0 Å². The molecule has 4 heteroatoms. The summed E-state index contributed by atoms with van der Waals surface area (Å²) in [4.78, 5) is 7.89. The van der Waals surface area contributed by atoms with Crippen molar-refractivity contribution in [3.05, 3.63) is 47.6 Å². The molecule has 70 valence electrons. The van der Waals surface area contributed by atoms with Gasteiger partial charge in [0.05, 0.1) is 18.1 Å². The molecule has 0 N–H and O–H groups in total. The number of hydrogen-bond acceptors (Lipinski definition) is 2. The molecule has 0 bridgehead atoms. The zero-order valence-corrected chi connectivity index (χ0v) is 7.87. The molecule has 2 rings (SSSR count). The van der Waals surface area contributed by atoms with E-state index in [-0.39, 0.29) is 5.82 Å². The van der Waals surface area contributed by atoms with Crippen LogP contribution in [0.2, 0.25) is 5.15 Å². The second-order valence-electron chi connectivity index (χ2n) is 2.74. The van der Waals surface area contributed by atoms with E-state index >= 15 is 0 Å². The Morgan fingerprint density at radius 1 is 1.21 bits per heavy atom. The van der Waals surface area contributed by atoms with Crippen LogP contribution in [-0.2, 0) is 0 Å². The minimum atomic E-state index is -0.302. The second-order valence-corrected chi connectivity index (χ2v) is 3.12. The molecule has 2 aromatic rings. The lowest BCUT2D eigenvalue weighted by molar-refractivity contribution is 0.628. The summed E-state index contributed by atoms with van der Waals surface area (Å²) in [6, 6.07) is 6.14. The molecule has 0 amide bonds. The van der Waals surface area contributed by atoms with Crippen LogP contribution in [0.5, 0.6) is 0 Å². The van der Waals surface area contributed by atoms with E-state index in [0.29, 0.717) is 16.4 Å². The van der Waals surface area contributed by atoms with Gasteiger partial charge in [0, 0.05) is 5.56 Å². The van der Waals surface area contributed by atoms with Crippen LogP contribution in [0.15, 0.2) is 36.7 Å². The molecule has 0 spiro atoms. The smallest absolute Gasteiger partial charge is 0.148 e. The Labute approximate surface area is 85.4 Å². The van der Waals surface area contributed by atoms with Gasteiger partial charge in [-0.25, -0.2) is 9.37 Å². The maximum absolute atomic E-state index is 12.9. The molecule has 1 heterocycles. The Balaban J connectivity index is 2.49. The minimum absolute atomic E-state index is 0.298. The average molecular weight is 209 g/mol. The first-order chi connectivity index (χ1) is 6.75.